The molecule has 0 atom stereocenters. The first-order valence-electron chi connectivity index (χ1n) is 6.59. The van der Waals surface area contributed by atoms with E-state index in [1.807, 2.05) is 12.1 Å². The standard InChI is InChI=1S/C16H12N4O2S/c1-2-11-3-8-15-12(9-11)10-18-16(20-15)19-13-4-6-14(7-5-13)23(17,21)22/h1,3-10H,(H2,17,21,22)(H,18,19,20). The van der Waals surface area contributed by atoms with Crippen molar-refractivity contribution in [2.75, 3.05) is 5.32 Å². The Morgan fingerprint density at radius 2 is 1.87 bits per heavy atom. The number of terminal acetylenes is 1. The summed E-state index contributed by atoms with van der Waals surface area (Å²) in [5.74, 6) is 2.96. The second-order valence-corrected chi connectivity index (χ2v) is 6.37. The highest BCUT2D eigenvalue weighted by Gasteiger charge is 2.07. The monoisotopic (exact) mass is 324 g/mol. The molecule has 0 spiro atoms. The first-order valence-corrected chi connectivity index (χ1v) is 8.14. The molecule has 1 aromatic heterocycles. The molecule has 2 aromatic carbocycles. The van der Waals surface area contributed by atoms with Gasteiger partial charge in [-0.3, -0.25) is 0 Å². The van der Waals surface area contributed by atoms with Crippen LogP contribution in [0.3, 0.4) is 0 Å². The number of anilines is 2. The van der Waals surface area contributed by atoms with Crippen molar-refractivity contribution in [3.8, 4) is 12.3 Å². The van der Waals surface area contributed by atoms with Crippen molar-refractivity contribution in [2.45, 2.75) is 4.90 Å². The predicted molar refractivity (Wildman–Crippen MR) is 88.6 cm³/mol. The number of nitrogens with zero attached hydrogens (tertiary/aromatic N) is 2. The van der Waals surface area contributed by atoms with Crippen molar-refractivity contribution < 1.29 is 8.42 Å². The molecule has 3 aromatic rings. The van der Waals surface area contributed by atoms with E-state index in [2.05, 4.69) is 21.2 Å². The number of rotatable bonds is 3. The van der Waals surface area contributed by atoms with Crippen molar-refractivity contribution >= 4 is 32.6 Å². The fourth-order valence-corrected chi connectivity index (χ4v) is 2.56. The van der Waals surface area contributed by atoms with Crippen LogP contribution < -0.4 is 10.5 Å². The summed E-state index contributed by atoms with van der Waals surface area (Å²) in [4.78, 5) is 8.64. The second kappa shape index (κ2) is 5.68. The largest absolute Gasteiger partial charge is 0.324 e. The second-order valence-electron chi connectivity index (χ2n) is 4.81. The lowest BCUT2D eigenvalue weighted by atomic mass is 10.1. The van der Waals surface area contributed by atoms with E-state index in [0.717, 1.165) is 16.5 Å². The molecule has 0 amide bonds. The van der Waals surface area contributed by atoms with Crippen molar-refractivity contribution in [2.24, 2.45) is 5.14 Å². The molecule has 0 radical (unpaired) electrons. The Balaban J connectivity index is 1.88. The molecule has 3 N–H and O–H groups in total. The van der Waals surface area contributed by atoms with Gasteiger partial charge in [0.15, 0.2) is 0 Å². The molecule has 7 heteroatoms. The van der Waals surface area contributed by atoms with Gasteiger partial charge in [0.05, 0.1) is 10.4 Å². The maximum Gasteiger partial charge on any atom is 0.238 e. The molecule has 1 heterocycles. The molecule has 6 nitrogen and oxygen atoms in total. The first-order chi connectivity index (χ1) is 11.0. The maximum absolute atomic E-state index is 11.2. The number of benzene rings is 2. The van der Waals surface area contributed by atoms with Crippen LogP contribution in [-0.2, 0) is 10.0 Å². The topological polar surface area (TPSA) is 98.0 Å². The highest BCUT2D eigenvalue weighted by Crippen LogP contribution is 2.19. The average Bonchev–Trinajstić information content (AvgIpc) is 2.54. The number of hydrogen-bond donors (Lipinski definition) is 2. The van der Waals surface area contributed by atoms with Gasteiger partial charge in [-0.15, -0.1) is 6.42 Å². The number of sulfonamides is 1. The highest BCUT2D eigenvalue weighted by atomic mass is 32.2. The lowest BCUT2D eigenvalue weighted by Crippen LogP contribution is -2.11. The van der Waals surface area contributed by atoms with Gasteiger partial charge in [0.25, 0.3) is 0 Å². The van der Waals surface area contributed by atoms with Gasteiger partial charge < -0.3 is 5.32 Å². The van der Waals surface area contributed by atoms with Crippen LogP contribution in [-0.4, -0.2) is 18.4 Å². The van der Waals surface area contributed by atoms with Crippen molar-refractivity contribution in [1.29, 1.82) is 0 Å². The minimum atomic E-state index is -3.70. The summed E-state index contributed by atoms with van der Waals surface area (Å²) in [7, 11) is -3.70. The third-order valence-electron chi connectivity index (χ3n) is 3.19. The Morgan fingerprint density at radius 1 is 1.13 bits per heavy atom. The molecule has 0 saturated carbocycles. The first kappa shape index (κ1) is 15.0. The molecule has 0 fully saturated rings. The number of fused-ring (bicyclic) bond motifs is 1. The van der Waals surface area contributed by atoms with Gasteiger partial charge in [0.1, 0.15) is 0 Å². The van der Waals surface area contributed by atoms with Gasteiger partial charge in [-0.05, 0) is 42.5 Å². The van der Waals surface area contributed by atoms with Crippen LogP contribution in [0.4, 0.5) is 11.6 Å². The highest BCUT2D eigenvalue weighted by molar-refractivity contribution is 7.89. The summed E-state index contributed by atoms with van der Waals surface area (Å²) in [6, 6.07) is 11.5. The Kier molecular flexibility index (Phi) is 3.70. The van der Waals surface area contributed by atoms with Gasteiger partial charge in [-0.25, -0.2) is 23.5 Å². The van der Waals surface area contributed by atoms with Crippen molar-refractivity contribution in [3.05, 3.63) is 54.2 Å². The lowest BCUT2D eigenvalue weighted by Gasteiger charge is -2.06. The normalized spacial score (nSPS) is 11.1. The molecule has 0 saturated heterocycles. The zero-order chi connectivity index (χ0) is 16.4. The summed E-state index contributed by atoms with van der Waals surface area (Å²) in [5, 5.41) is 8.91. The minimum absolute atomic E-state index is 0.0456. The van der Waals surface area contributed by atoms with Crippen LogP contribution in [0.5, 0.6) is 0 Å². The molecule has 3 rings (SSSR count). The number of primary sulfonamides is 1. The summed E-state index contributed by atoms with van der Waals surface area (Å²) in [6.45, 7) is 0. The molecule has 23 heavy (non-hydrogen) atoms. The minimum Gasteiger partial charge on any atom is -0.324 e. The van der Waals surface area contributed by atoms with E-state index in [1.165, 1.54) is 12.1 Å². The third kappa shape index (κ3) is 3.29. The van der Waals surface area contributed by atoms with E-state index in [-0.39, 0.29) is 4.90 Å². The number of aromatic nitrogens is 2. The van der Waals surface area contributed by atoms with E-state index in [0.29, 0.717) is 11.6 Å². The number of hydrogen-bond acceptors (Lipinski definition) is 5. The molecule has 0 unspecified atom stereocenters. The van der Waals surface area contributed by atoms with Gasteiger partial charge in [0, 0.05) is 22.8 Å². The maximum atomic E-state index is 11.2. The van der Waals surface area contributed by atoms with Crippen LogP contribution in [0, 0.1) is 12.3 Å². The molecule has 114 valence electrons. The number of nitrogens with one attached hydrogen (secondary N) is 1. The van der Waals surface area contributed by atoms with Crippen LogP contribution in [0.2, 0.25) is 0 Å². The molecular weight excluding hydrogens is 312 g/mol. The predicted octanol–water partition coefficient (Wildman–Crippen LogP) is 2.00. The SMILES string of the molecule is C#Cc1ccc2nc(Nc3ccc(S(N)(=O)=O)cc3)ncc2c1. The molecule has 0 aliphatic carbocycles. The zero-order valence-corrected chi connectivity index (χ0v) is 12.7. The van der Waals surface area contributed by atoms with Crippen LogP contribution >= 0.6 is 0 Å². The van der Waals surface area contributed by atoms with E-state index < -0.39 is 10.0 Å². The van der Waals surface area contributed by atoms with Gasteiger partial charge in [0.2, 0.25) is 16.0 Å². The van der Waals surface area contributed by atoms with Gasteiger partial charge >= 0.3 is 0 Å². The van der Waals surface area contributed by atoms with Gasteiger partial charge in [-0.2, -0.15) is 0 Å². The Bertz CT molecular complexity index is 1020. The molecule has 0 bridgehead atoms. The smallest absolute Gasteiger partial charge is 0.238 e. The zero-order valence-electron chi connectivity index (χ0n) is 11.9. The van der Waals surface area contributed by atoms with Gasteiger partial charge in [-0.1, -0.05) is 5.92 Å². The Hall–Kier alpha value is -2.95. The van der Waals surface area contributed by atoms with Crippen LogP contribution in [0.1, 0.15) is 5.56 Å². The summed E-state index contributed by atoms with van der Waals surface area (Å²) < 4.78 is 22.4. The summed E-state index contributed by atoms with van der Waals surface area (Å²) >= 11 is 0. The van der Waals surface area contributed by atoms with Crippen LogP contribution in [0.15, 0.2) is 53.6 Å². The number of nitrogens with two attached hydrogens (primary N) is 1. The van der Waals surface area contributed by atoms with E-state index in [4.69, 9.17) is 11.6 Å². The third-order valence-corrected chi connectivity index (χ3v) is 4.11. The molecular formula is C16H12N4O2S. The fourth-order valence-electron chi connectivity index (χ4n) is 2.04. The van der Waals surface area contributed by atoms with E-state index in [1.54, 1.807) is 24.4 Å². The Labute approximate surface area is 133 Å². The average molecular weight is 324 g/mol. The lowest BCUT2D eigenvalue weighted by molar-refractivity contribution is 0.598. The Morgan fingerprint density at radius 3 is 2.52 bits per heavy atom. The molecule has 0 aliphatic heterocycles. The van der Waals surface area contributed by atoms with E-state index >= 15 is 0 Å². The summed E-state index contributed by atoms with van der Waals surface area (Å²) in [6.07, 6.45) is 7.03. The van der Waals surface area contributed by atoms with E-state index in [9.17, 15) is 8.42 Å². The van der Waals surface area contributed by atoms with Crippen molar-refractivity contribution in [1.82, 2.24) is 9.97 Å². The summed E-state index contributed by atoms with van der Waals surface area (Å²) in [5.41, 5.74) is 2.17. The quantitative estimate of drug-likeness (QED) is 0.718. The van der Waals surface area contributed by atoms with Crippen LogP contribution in [0.25, 0.3) is 10.9 Å². The van der Waals surface area contributed by atoms with Crippen molar-refractivity contribution in [3.63, 3.8) is 0 Å². The fraction of sp³-hybridized carbons (Fsp3) is 0. The molecule has 0 aliphatic rings.